The van der Waals surface area contributed by atoms with Crippen LogP contribution in [0.1, 0.15) is 60.6 Å². The zero-order valence-corrected chi connectivity index (χ0v) is 21.1. The number of hydrogen-bond acceptors (Lipinski definition) is 4. The predicted octanol–water partition coefficient (Wildman–Crippen LogP) is 5.80. The van der Waals surface area contributed by atoms with E-state index in [9.17, 15) is 9.59 Å². The molecule has 7 heteroatoms. The third kappa shape index (κ3) is 5.69. The molecule has 0 aromatic heterocycles. The Labute approximate surface area is 206 Å². The van der Waals surface area contributed by atoms with Gasteiger partial charge in [0.15, 0.2) is 0 Å². The molecule has 3 amide bonds. The van der Waals surface area contributed by atoms with E-state index < -0.39 is 6.04 Å². The number of carbonyl (C=O) groups is 2. The molecule has 2 aliphatic rings. The third-order valence-electron chi connectivity index (χ3n) is 6.90. The summed E-state index contributed by atoms with van der Waals surface area (Å²) in [4.78, 5) is 28.7. The zero-order chi connectivity index (χ0) is 24.1. The van der Waals surface area contributed by atoms with E-state index in [1.165, 1.54) is 18.4 Å². The quantitative estimate of drug-likeness (QED) is 0.530. The molecule has 0 radical (unpaired) electrons. The summed E-state index contributed by atoms with van der Waals surface area (Å²) in [5.41, 5.74) is 4.00. The number of aryl methyl sites for hydroxylation is 2. The molecular weight excluding hydrogens is 446 g/mol. The molecule has 2 atom stereocenters. The van der Waals surface area contributed by atoms with Crippen molar-refractivity contribution >= 4 is 29.4 Å². The summed E-state index contributed by atoms with van der Waals surface area (Å²) in [7, 11) is 1.64. The molecule has 2 N–H and O–H groups in total. The first-order valence-corrected chi connectivity index (χ1v) is 13.2. The van der Waals surface area contributed by atoms with Crippen LogP contribution in [0.15, 0.2) is 42.5 Å². The molecule has 1 saturated carbocycles. The van der Waals surface area contributed by atoms with Crippen LogP contribution in [0.3, 0.4) is 0 Å². The number of ether oxygens (including phenoxy) is 1. The van der Waals surface area contributed by atoms with Gasteiger partial charge in [0, 0.05) is 17.5 Å². The first-order valence-electron chi connectivity index (χ1n) is 12.2. The second-order valence-corrected chi connectivity index (χ2v) is 10.4. The monoisotopic (exact) mass is 481 g/mol. The van der Waals surface area contributed by atoms with Gasteiger partial charge < -0.3 is 15.4 Å². The molecule has 1 saturated heterocycles. The van der Waals surface area contributed by atoms with Crippen molar-refractivity contribution in [2.45, 2.75) is 69.8 Å². The van der Waals surface area contributed by atoms with Gasteiger partial charge in [-0.1, -0.05) is 43.9 Å². The van der Waals surface area contributed by atoms with Crippen LogP contribution in [0, 0.1) is 13.8 Å². The lowest BCUT2D eigenvalue weighted by atomic mass is 10.1. The van der Waals surface area contributed by atoms with Gasteiger partial charge in [-0.25, -0.2) is 4.79 Å². The summed E-state index contributed by atoms with van der Waals surface area (Å²) < 4.78 is 5.30. The van der Waals surface area contributed by atoms with Crippen molar-refractivity contribution in [3.8, 4) is 5.75 Å². The number of amides is 3. The van der Waals surface area contributed by atoms with Gasteiger partial charge >= 0.3 is 6.03 Å². The number of urea groups is 1. The minimum atomic E-state index is -0.521. The second kappa shape index (κ2) is 11.2. The van der Waals surface area contributed by atoms with Crippen molar-refractivity contribution in [1.82, 2.24) is 10.2 Å². The summed E-state index contributed by atoms with van der Waals surface area (Å²) in [5.74, 6) is 1.28. The van der Waals surface area contributed by atoms with Crippen LogP contribution in [-0.2, 0) is 4.79 Å². The van der Waals surface area contributed by atoms with Crippen LogP contribution in [0.5, 0.6) is 5.75 Å². The van der Waals surface area contributed by atoms with Crippen LogP contribution in [0.4, 0.5) is 10.5 Å². The highest BCUT2D eigenvalue weighted by Crippen LogP contribution is 2.42. The van der Waals surface area contributed by atoms with Gasteiger partial charge in [-0.15, -0.1) is 11.8 Å². The molecule has 1 heterocycles. The summed E-state index contributed by atoms with van der Waals surface area (Å²) >= 11 is 1.63. The molecule has 0 unspecified atom stereocenters. The van der Waals surface area contributed by atoms with E-state index in [-0.39, 0.29) is 23.4 Å². The topological polar surface area (TPSA) is 70.7 Å². The fourth-order valence-electron chi connectivity index (χ4n) is 4.71. The lowest BCUT2D eigenvalue weighted by Crippen LogP contribution is -2.51. The van der Waals surface area contributed by atoms with Gasteiger partial charge in [0.05, 0.1) is 7.11 Å². The van der Waals surface area contributed by atoms with Gasteiger partial charge in [-0.2, -0.15) is 0 Å². The Hall–Kier alpha value is -2.67. The van der Waals surface area contributed by atoms with Crippen LogP contribution in [0.25, 0.3) is 0 Å². The van der Waals surface area contributed by atoms with Crippen molar-refractivity contribution in [2.24, 2.45) is 0 Å². The Morgan fingerprint density at radius 2 is 1.68 bits per heavy atom. The number of thioether (sulfide) groups is 1. The first kappa shape index (κ1) is 24.5. The van der Waals surface area contributed by atoms with E-state index in [0.29, 0.717) is 5.75 Å². The number of methoxy groups -OCH3 is 1. The molecule has 2 fully saturated rings. The molecule has 1 aliphatic heterocycles. The van der Waals surface area contributed by atoms with Crippen molar-refractivity contribution in [3.05, 3.63) is 59.2 Å². The van der Waals surface area contributed by atoms with Crippen LogP contribution >= 0.6 is 11.8 Å². The standard InChI is InChI=1S/C27H35N3O3S/c1-18-10-13-22(16-19(18)2)29-27(32)30-24(25(31)28-21-8-6-4-5-7-9-21)17-34-26(30)20-11-14-23(33-3)15-12-20/h10-16,21,24,26H,4-9,17H2,1-3H3,(H,28,31)(H,29,32)/t24-,26+/m1/s1. The maximum Gasteiger partial charge on any atom is 0.323 e. The van der Waals surface area contributed by atoms with Crippen LogP contribution < -0.4 is 15.4 Å². The SMILES string of the molecule is COc1ccc([C@@H]2SC[C@H](C(=O)NC3CCCCCC3)N2C(=O)Nc2ccc(C)c(C)c2)cc1. The van der Waals surface area contributed by atoms with Gasteiger partial charge in [-0.05, 0) is 67.6 Å². The lowest BCUT2D eigenvalue weighted by Gasteiger charge is -2.30. The number of nitrogens with zero attached hydrogens (tertiary/aromatic N) is 1. The number of anilines is 1. The Morgan fingerprint density at radius 1 is 0.971 bits per heavy atom. The number of rotatable bonds is 5. The van der Waals surface area contributed by atoms with Crippen molar-refractivity contribution in [1.29, 1.82) is 0 Å². The molecule has 34 heavy (non-hydrogen) atoms. The highest BCUT2D eigenvalue weighted by atomic mass is 32.2. The maximum atomic E-state index is 13.6. The minimum absolute atomic E-state index is 0.0503. The average Bonchev–Trinajstić information content (AvgIpc) is 3.13. The molecular formula is C27H35N3O3S. The molecule has 2 aromatic carbocycles. The largest absolute Gasteiger partial charge is 0.497 e. The normalized spacial score (nSPS) is 21.1. The molecule has 1 aliphatic carbocycles. The van der Waals surface area contributed by atoms with E-state index >= 15 is 0 Å². The van der Waals surface area contributed by atoms with Crippen LogP contribution in [0.2, 0.25) is 0 Å². The van der Waals surface area contributed by atoms with Crippen molar-refractivity contribution in [3.63, 3.8) is 0 Å². The Morgan fingerprint density at radius 3 is 2.32 bits per heavy atom. The first-order chi connectivity index (χ1) is 16.5. The fraction of sp³-hybridized carbons (Fsp3) is 0.481. The van der Waals surface area contributed by atoms with E-state index in [1.54, 1.807) is 23.8 Å². The second-order valence-electron chi connectivity index (χ2n) is 9.31. The predicted molar refractivity (Wildman–Crippen MR) is 138 cm³/mol. The fourth-order valence-corrected chi connectivity index (χ4v) is 6.14. The summed E-state index contributed by atoms with van der Waals surface area (Å²) in [6.07, 6.45) is 6.79. The zero-order valence-electron chi connectivity index (χ0n) is 20.3. The smallest absolute Gasteiger partial charge is 0.323 e. The van der Waals surface area contributed by atoms with E-state index in [0.717, 1.165) is 48.2 Å². The summed E-state index contributed by atoms with van der Waals surface area (Å²) in [5, 5.41) is 6.06. The highest BCUT2D eigenvalue weighted by molar-refractivity contribution is 7.99. The molecule has 6 nitrogen and oxygen atoms in total. The Bertz CT molecular complexity index is 1000. The lowest BCUT2D eigenvalue weighted by molar-refractivity contribution is -0.125. The van der Waals surface area contributed by atoms with E-state index in [1.807, 2.05) is 56.3 Å². The number of hydrogen-bond donors (Lipinski definition) is 2. The van der Waals surface area contributed by atoms with Gasteiger partial charge in [-0.3, -0.25) is 9.69 Å². The average molecular weight is 482 g/mol. The maximum absolute atomic E-state index is 13.6. The van der Waals surface area contributed by atoms with Gasteiger partial charge in [0.25, 0.3) is 0 Å². The highest BCUT2D eigenvalue weighted by Gasteiger charge is 2.43. The number of carbonyl (C=O) groups excluding carboxylic acids is 2. The minimum Gasteiger partial charge on any atom is -0.497 e. The van der Waals surface area contributed by atoms with E-state index in [2.05, 4.69) is 10.6 Å². The molecule has 0 bridgehead atoms. The Balaban J connectivity index is 1.56. The molecule has 4 rings (SSSR count). The Kier molecular flexibility index (Phi) is 8.03. The summed E-state index contributed by atoms with van der Waals surface area (Å²) in [6, 6.07) is 13.0. The molecule has 182 valence electrons. The third-order valence-corrected chi connectivity index (χ3v) is 8.22. The van der Waals surface area contributed by atoms with Crippen molar-refractivity contribution < 1.29 is 14.3 Å². The summed E-state index contributed by atoms with van der Waals surface area (Å²) in [6.45, 7) is 4.07. The van der Waals surface area contributed by atoms with Crippen LogP contribution in [-0.4, -0.2) is 41.8 Å². The molecule has 0 spiro atoms. The number of nitrogens with one attached hydrogen (secondary N) is 2. The van der Waals surface area contributed by atoms with Crippen molar-refractivity contribution in [2.75, 3.05) is 18.2 Å². The van der Waals surface area contributed by atoms with Gasteiger partial charge in [0.2, 0.25) is 5.91 Å². The molecule has 2 aromatic rings. The number of benzene rings is 2. The van der Waals surface area contributed by atoms with Gasteiger partial charge in [0.1, 0.15) is 17.2 Å². The van der Waals surface area contributed by atoms with E-state index in [4.69, 9.17) is 4.74 Å².